The molecule has 0 aliphatic heterocycles. The topological polar surface area (TPSA) is 42.6 Å². The van der Waals surface area contributed by atoms with Gasteiger partial charge in [-0.2, -0.15) is 0 Å². The summed E-state index contributed by atoms with van der Waals surface area (Å²) < 4.78 is 2.12. The Bertz CT molecular complexity index is 1150. The first kappa shape index (κ1) is 15.6. The van der Waals surface area contributed by atoms with Crippen molar-refractivity contribution in [3.05, 3.63) is 58.8 Å². The van der Waals surface area contributed by atoms with Crippen LogP contribution in [0.2, 0.25) is 0 Å². The fourth-order valence-corrected chi connectivity index (χ4v) is 3.50. The maximum atomic E-state index is 4.82. The second kappa shape index (κ2) is 5.59. The van der Waals surface area contributed by atoms with E-state index in [-0.39, 0.29) is 0 Å². The Morgan fingerprint density at radius 3 is 2.24 bits per heavy atom. The van der Waals surface area contributed by atoms with E-state index in [0.29, 0.717) is 5.65 Å². The third-order valence-corrected chi connectivity index (χ3v) is 4.87. The van der Waals surface area contributed by atoms with Gasteiger partial charge in [0.25, 0.3) is 0 Å². The van der Waals surface area contributed by atoms with E-state index < -0.39 is 0 Å². The van der Waals surface area contributed by atoms with Gasteiger partial charge in [0.2, 0.25) is 11.2 Å². The summed E-state index contributed by atoms with van der Waals surface area (Å²) in [7, 11) is 2.05. The van der Waals surface area contributed by atoms with Crippen LogP contribution in [-0.4, -0.2) is 15.0 Å². The molecule has 4 heteroatoms. The minimum Gasteiger partial charge on any atom is -0.222 e. The molecule has 0 fully saturated rings. The van der Waals surface area contributed by atoms with Crippen LogP contribution < -0.4 is 4.57 Å². The quantitative estimate of drug-likeness (QED) is 0.393. The minimum absolute atomic E-state index is 0.685. The van der Waals surface area contributed by atoms with E-state index in [1.165, 1.54) is 22.3 Å². The molecule has 0 bridgehead atoms. The zero-order valence-electron chi connectivity index (χ0n) is 15.3. The Morgan fingerprint density at radius 1 is 0.840 bits per heavy atom. The number of rotatable bonds is 1. The largest absolute Gasteiger partial charge is 0.369 e. The second-order valence-corrected chi connectivity index (χ2v) is 6.72. The lowest BCUT2D eigenvalue weighted by atomic mass is 9.96. The number of hydrogen-bond acceptors (Lipinski definition) is 3. The molecule has 0 unspecified atom stereocenters. The first-order chi connectivity index (χ1) is 12.0. The van der Waals surface area contributed by atoms with Crippen molar-refractivity contribution in [1.82, 2.24) is 15.0 Å². The van der Waals surface area contributed by atoms with Crippen LogP contribution in [0, 0.1) is 27.7 Å². The lowest BCUT2D eigenvalue weighted by molar-refractivity contribution is -0.636. The number of benzene rings is 2. The molecular formula is C21H21N4+. The molecule has 0 amide bonds. The smallest absolute Gasteiger partial charge is 0.222 e. The highest BCUT2D eigenvalue weighted by atomic mass is 15.1. The van der Waals surface area contributed by atoms with Crippen molar-refractivity contribution in [2.45, 2.75) is 27.7 Å². The highest BCUT2D eigenvalue weighted by Gasteiger charge is 2.22. The number of hydrogen-bond donors (Lipinski definition) is 0. The monoisotopic (exact) mass is 329 g/mol. The van der Waals surface area contributed by atoms with Gasteiger partial charge in [0.15, 0.2) is 5.69 Å². The summed E-state index contributed by atoms with van der Waals surface area (Å²) in [5.74, 6) is 0. The van der Waals surface area contributed by atoms with Crippen LogP contribution in [0.1, 0.15) is 22.4 Å². The highest BCUT2D eigenvalue weighted by Crippen LogP contribution is 2.27. The highest BCUT2D eigenvalue weighted by molar-refractivity contribution is 5.82. The third-order valence-electron chi connectivity index (χ3n) is 4.87. The van der Waals surface area contributed by atoms with Gasteiger partial charge < -0.3 is 0 Å². The van der Waals surface area contributed by atoms with E-state index in [4.69, 9.17) is 15.0 Å². The molecule has 0 N–H and O–H groups in total. The maximum absolute atomic E-state index is 4.82. The van der Waals surface area contributed by atoms with Crippen molar-refractivity contribution < 1.29 is 4.57 Å². The molecule has 2 aromatic carbocycles. The number of nitrogens with zero attached hydrogens (tertiary/aromatic N) is 4. The van der Waals surface area contributed by atoms with Gasteiger partial charge >= 0.3 is 5.65 Å². The first-order valence-corrected chi connectivity index (χ1v) is 8.47. The number of aryl methyl sites for hydroxylation is 4. The predicted molar refractivity (Wildman–Crippen MR) is 100 cm³/mol. The SMILES string of the molecule is Cc1cc(C)c(C)c(-c2c(C)nc3nc4ccccc4nc3[n+]2C)c1. The zero-order chi connectivity index (χ0) is 17.7. The average Bonchev–Trinajstić information content (AvgIpc) is 2.57. The van der Waals surface area contributed by atoms with Crippen molar-refractivity contribution in [2.24, 2.45) is 7.05 Å². The summed E-state index contributed by atoms with van der Waals surface area (Å²) in [6.45, 7) is 8.50. The Morgan fingerprint density at radius 2 is 1.52 bits per heavy atom. The fourth-order valence-electron chi connectivity index (χ4n) is 3.50. The predicted octanol–water partition coefficient (Wildman–Crippen LogP) is 3.90. The molecular weight excluding hydrogens is 308 g/mol. The van der Waals surface area contributed by atoms with E-state index >= 15 is 0 Å². The van der Waals surface area contributed by atoms with Crippen molar-refractivity contribution in [3.63, 3.8) is 0 Å². The van der Waals surface area contributed by atoms with E-state index in [1.54, 1.807) is 0 Å². The molecule has 0 spiro atoms. The normalized spacial score (nSPS) is 11.4. The van der Waals surface area contributed by atoms with Crippen molar-refractivity contribution in [2.75, 3.05) is 0 Å². The fraction of sp³-hybridized carbons (Fsp3) is 0.238. The molecule has 0 saturated carbocycles. The molecule has 0 radical (unpaired) electrons. The molecule has 4 nitrogen and oxygen atoms in total. The van der Waals surface area contributed by atoms with Gasteiger partial charge in [-0.05, 0) is 62.0 Å². The van der Waals surface area contributed by atoms with Crippen LogP contribution in [0.4, 0.5) is 0 Å². The van der Waals surface area contributed by atoms with E-state index in [2.05, 4.69) is 37.5 Å². The number of fused-ring (bicyclic) bond motifs is 2. The number of para-hydroxylation sites is 2. The van der Waals surface area contributed by atoms with Gasteiger partial charge in [-0.3, -0.25) is 0 Å². The van der Waals surface area contributed by atoms with Crippen molar-refractivity contribution in [3.8, 4) is 11.3 Å². The summed E-state index contributed by atoms with van der Waals surface area (Å²) in [4.78, 5) is 14.3. The standard InChI is InChI=1S/C21H21N4/c1-12-10-13(2)14(3)16(11-12)19-15(4)22-20-21(25(19)5)24-18-9-7-6-8-17(18)23-20/h6-11H,1-5H3/q+1. The molecule has 0 aliphatic rings. The molecule has 0 saturated heterocycles. The molecule has 124 valence electrons. The molecule has 25 heavy (non-hydrogen) atoms. The Balaban J connectivity index is 2.10. The molecule has 0 aliphatic carbocycles. The van der Waals surface area contributed by atoms with Gasteiger partial charge in [-0.1, -0.05) is 23.8 Å². The van der Waals surface area contributed by atoms with Gasteiger partial charge in [-0.15, -0.1) is 0 Å². The second-order valence-electron chi connectivity index (χ2n) is 6.72. The summed E-state index contributed by atoms with van der Waals surface area (Å²) in [6.07, 6.45) is 0. The lowest BCUT2D eigenvalue weighted by Crippen LogP contribution is -2.35. The summed E-state index contributed by atoms with van der Waals surface area (Å²) in [6, 6.07) is 12.4. The summed E-state index contributed by atoms with van der Waals surface area (Å²) >= 11 is 0. The maximum Gasteiger partial charge on any atom is 0.369 e. The summed E-state index contributed by atoms with van der Waals surface area (Å²) in [5.41, 5.74) is 10.3. The molecule has 4 aromatic rings. The molecule has 2 heterocycles. The van der Waals surface area contributed by atoms with Gasteiger partial charge in [0.1, 0.15) is 5.52 Å². The molecule has 0 atom stereocenters. The van der Waals surface area contributed by atoms with Crippen LogP contribution in [0.5, 0.6) is 0 Å². The first-order valence-electron chi connectivity index (χ1n) is 8.47. The van der Waals surface area contributed by atoms with Gasteiger partial charge in [-0.25, -0.2) is 14.5 Å². The van der Waals surface area contributed by atoms with Crippen LogP contribution in [-0.2, 0) is 7.05 Å². The Hall–Kier alpha value is -2.88. The zero-order valence-corrected chi connectivity index (χ0v) is 15.3. The van der Waals surface area contributed by atoms with E-state index in [0.717, 1.165) is 28.1 Å². The van der Waals surface area contributed by atoms with Gasteiger partial charge in [0, 0.05) is 5.56 Å². The van der Waals surface area contributed by atoms with Crippen LogP contribution in [0.25, 0.3) is 33.6 Å². The Labute approximate surface area is 147 Å². The number of aromatic nitrogens is 4. The average molecular weight is 329 g/mol. The van der Waals surface area contributed by atoms with E-state index in [1.807, 2.05) is 38.2 Å². The molecule has 4 rings (SSSR count). The van der Waals surface area contributed by atoms with E-state index in [9.17, 15) is 0 Å². The van der Waals surface area contributed by atoms with Crippen LogP contribution in [0.15, 0.2) is 36.4 Å². The minimum atomic E-state index is 0.685. The van der Waals surface area contributed by atoms with Crippen molar-refractivity contribution in [1.29, 1.82) is 0 Å². The van der Waals surface area contributed by atoms with Crippen LogP contribution in [0.3, 0.4) is 0 Å². The van der Waals surface area contributed by atoms with Crippen LogP contribution >= 0.6 is 0 Å². The van der Waals surface area contributed by atoms with Crippen molar-refractivity contribution >= 4 is 22.3 Å². The summed E-state index contributed by atoms with van der Waals surface area (Å²) in [5, 5.41) is 0. The Kier molecular flexibility index (Phi) is 3.49. The third kappa shape index (κ3) is 2.45. The molecule has 2 aromatic heterocycles. The lowest BCUT2D eigenvalue weighted by Gasteiger charge is -2.13. The van der Waals surface area contributed by atoms with Gasteiger partial charge in [0.05, 0.1) is 12.7 Å².